The van der Waals surface area contributed by atoms with E-state index in [1.807, 2.05) is 76.3 Å². The summed E-state index contributed by atoms with van der Waals surface area (Å²) < 4.78 is 10.3. The number of amides is 4. The number of nitrogens with zero attached hydrogens (tertiary/aromatic N) is 2. The standard InChI is InChI=1S/C25H29N3O5.C20H19N5O2.CH4/c1-15(29)26-18-11-20(23(30)32-6)19-13-21(27-22(19)12-18)17-9-7-8-16(10-17)14-28(5)24(31)33-25(2,3)4;1-11(26)23-14-7-15-18-16(10-22-25-20(15)27)19(24-17(18)8-14)13-5-3-4-12(6-13)9-21-2;/h7-13,27H,14H2,1-6H3,(H,26,29);3-8,10,21,24H,9H2,1-2H3,(H,23,26)(H,25,27);1H4. The van der Waals surface area contributed by atoms with Gasteiger partial charge in [-0.05, 0) is 92.5 Å². The van der Waals surface area contributed by atoms with Crippen molar-refractivity contribution in [1.82, 2.24) is 25.6 Å². The Hall–Kier alpha value is -7.26. The Bertz CT molecular complexity index is 2670. The smallest absolute Gasteiger partial charge is 0.410 e. The average Bonchev–Trinajstić information content (AvgIpc) is 3.73. The second-order valence-electron chi connectivity index (χ2n) is 15.3. The van der Waals surface area contributed by atoms with Gasteiger partial charge in [0.25, 0.3) is 5.91 Å². The topological polar surface area (TPSA) is 199 Å². The van der Waals surface area contributed by atoms with Gasteiger partial charge in [-0.15, -0.1) is 0 Å². The van der Waals surface area contributed by atoms with Crippen LogP contribution in [-0.4, -0.2) is 77.7 Å². The molecule has 15 nitrogen and oxygen atoms in total. The Labute approximate surface area is 354 Å². The van der Waals surface area contributed by atoms with E-state index < -0.39 is 17.7 Å². The van der Waals surface area contributed by atoms with E-state index in [1.165, 1.54) is 25.9 Å². The molecule has 4 amide bonds. The van der Waals surface area contributed by atoms with Gasteiger partial charge >= 0.3 is 12.1 Å². The molecule has 61 heavy (non-hydrogen) atoms. The number of carbonyl (C=O) groups is 5. The molecule has 0 fully saturated rings. The van der Waals surface area contributed by atoms with Crippen molar-refractivity contribution >= 4 is 69.2 Å². The number of aromatic amines is 2. The van der Waals surface area contributed by atoms with E-state index in [0.717, 1.165) is 56.7 Å². The predicted octanol–water partition coefficient (Wildman–Crippen LogP) is 8.17. The monoisotopic (exact) mass is 828 g/mol. The van der Waals surface area contributed by atoms with Crippen molar-refractivity contribution in [2.24, 2.45) is 5.10 Å². The van der Waals surface area contributed by atoms with Crippen LogP contribution in [0.4, 0.5) is 16.2 Å². The molecule has 7 rings (SSSR count). The molecule has 15 heteroatoms. The number of anilines is 2. The number of rotatable bonds is 9. The summed E-state index contributed by atoms with van der Waals surface area (Å²) >= 11 is 0. The van der Waals surface area contributed by atoms with Crippen molar-refractivity contribution in [3.05, 3.63) is 107 Å². The number of benzene rings is 4. The van der Waals surface area contributed by atoms with E-state index >= 15 is 0 Å². The zero-order valence-electron chi connectivity index (χ0n) is 34.7. The van der Waals surface area contributed by atoms with Gasteiger partial charge in [0.05, 0.1) is 30.1 Å². The zero-order chi connectivity index (χ0) is 43.3. The summed E-state index contributed by atoms with van der Waals surface area (Å²) in [6, 6.07) is 24.7. The number of hydrazone groups is 1. The highest BCUT2D eigenvalue weighted by atomic mass is 16.6. The van der Waals surface area contributed by atoms with Gasteiger partial charge in [-0.3, -0.25) is 14.4 Å². The third-order valence-electron chi connectivity index (χ3n) is 9.28. The van der Waals surface area contributed by atoms with E-state index in [0.29, 0.717) is 39.9 Å². The average molecular weight is 829 g/mol. The molecule has 4 aromatic carbocycles. The molecule has 0 saturated heterocycles. The van der Waals surface area contributed by atoms with Gasteiger partial charge in [0, 0.05) is 78.4 Å². The van der Waals surface area contributed by atoms with Gasteiger partial charge in [-0.1, -0.05) is 43.8 Å². The molecule has 318 valence electrons. The molecule has 0 atom stereocenters. The summed E-state index contributed by atoms with van der Waals surface area (Å²) in [5, 5.41) is 14.1. The molecule has 2 aromatic heterocycles. The van der Waals surface area contributed by atoms with Crippen molar-refractivity contribution in [1.29, 1.82) is 0 Å². The number of methoxy groups -OCH3 is 1. The second kappa shape index (κ2) is 18.8. The number of hydrogen-bond acceptors (Lipinski definition) is 9. The highest BCUT2D eigenvalue weighted by molar-refractivity contribution is 6.18. The lowest BCUT2D eigenvalue weighted by Gasteiger charge is -2.24. The number of hydrogen-bond donors (Lipinski definition) is 6. The second-order valence-corrected chi connectivity index (χ2v) is 15.3. The lowest BCUT2D eigenvalue weighted by molar-refractivity contribution is -0.115. The summed E-state index contributed by atoms with van der Waals surface area (Å²) in [7, 11) is 4.91. The summed E-state index contributed by atoms with van der Waals surface area (Å²) in [5.74, 6) is -1.24. The highest BCUT2D eigenvalue weighted by Crippen LogP contribution is 2.35. The van der Waals surface area contributed by atoms with E-state index in [4.69, 9.17) is 9.47 Å². The highest BCUT2D eigenvalue weighted by Gasteiger charge is 2.23. The minimum absolute atomic E-state index is 0. The number of ether oxygens (including phenoxy) is 2. The summed E-state index contributed by atoms with van der Waals surface area (Å²) in [4.78, 5) is 68.3. The molecule has 0 bridgehead atoms. The largest absolute Gasteiger partial charge is 0.465 e. The maximum absolute atomic E-state index is 12.5. The fraction of sp³-hybridized carbons (Fsp3) is 0.261. The molecule has 6 aromatic rings. The number of H-pyrrole nitrogens is 2. The molecule has 1 aliphatic heterocycles. The van der Waals surface area contributed by atoms with Crippen LogP contribution >= 0.6 is 0 Å². The maximum atomic E-state index is 12.5. The van der Waals surface area contributed by atoms with Crippen LogP contribution in [-0.2, 0) is 32.2 Å². The van der Waals surface area contributed by atoms with Gasteiger partial charge in [0.1, 0.15) is 5.60 Å². The lowest BCUT2D eigenvalue weighted by atomic mass is 10.0. The van der Waals surface area contributed by atoms with Crippen molar-refractivity contribution in [2.75, 3.05) is 31.8 Å². The molecule has 0 aliphatic carbocycles. The van der Waals surface area contributed by atoms with E-state index in [2.05, 4.69) is 48.6 Å². The van der Waals surface area contributed by atoms with E-state index in [-0.39, 0.29) is 25.1 Å². The SMILES string of the molecule is C.CNCc1cccc(-c2[nH]c3cc(NC(C)=O)cc4c3c2C=NNC4=O)c1.COC(=O)c1cc(NC(C)=O)cc2[nH]c(-c3cccc(CN(C)C(=O)OC(C)(C)C)c3)cc12. The van der Waals surface area contributed by atoms with Crippen LogP contribution in [0.2, 0.25) is 0 Å². The van der Waals surface area contributed by atoms with Crippen LogP contribution in [0.15, 0.2) is 84.0 Å². The van der Waals surface area contributed by atoms with E-state index in [9.17, 15) is 24.0 Å². The van der Waals surface area contributed by atoms with Crippen molar-refractivity contribution < 1.29 is 33.4 Å². The van der Waals surface area contributed by atoms with Crippen LogP contribution in [0.3, 0.4) is 0 Å². The minimum Gasteiger partial charge on any atom is -0.465 e. The van der Waals surface area contributed by atoms with Crippen LogP contribution < -0.4 is 21.4 Å². The first-order valence-electron chi connectivity index (χ1n) is 19.1. The molecule has 3 heterocycles. The Kier molecular flexibility index (Phi) is 13.8. The summed E-state index contributed by atoms with van der Waals surface area (Å²) in [6.07, 6.45) is 1.26. The molecular weight excluding hydrogens is 777 g/mol. The summed E-state index contributed by atoms with van der Waals surface area (Å²) in [5.41, 5.74) is 11.8. The van der Waals surface area contributed by atoms with Crippen molar-refractivity contribution in [3.8, 4) is 22.5 Å². The Balaban J connectivity index is 0.000000231. The van der Waals surface area contributed by atoms with Gasteiger partial charge < -0.3 is 40.3 Å². The predicted molar refractivity (Wildman–Crippen MR) is 240 cm³/mol. The third-order valence-corrected chi connectivity index (χ3v) is 9.28. The Morgan fingerprint density at radius 1 is 0.820 bits per heavy atom. The number of esters is 1. The van der Waals surface area contributed by atoms with Crippen LogP contribution in [0.1, 0.15) is 79.5 Å². The van der Waals surface area contributed by atoms with Crippen molar-refractivity contribution in [2.45, 2.75) is 60.7 Å². The molecule has 1 aliphatic rings. The molecule has 6 N–H and O–H groups in total. The number of aromatic nitrogens is 2. The quantitative estimate of drug-likeness (QED) is 0.0784. The number of fused-ring (bicyclic) bond motifs is 1. The van der Waals surface area contributed by atoms with Crippen LogP contribution in [0, 0.1) is 0 Å². The fourth-order valence-electron chi connectivity index (χ4n) is 6.89. The minimum atomic E-state index is -0.564. The van der Waals surface area contributed by atoms with Gasteiger partial charge in [0.15, 0.2) is 0 Å². The van der Waals surface area contributed by atoms with Crippen LogP contribution in [0.25, 0.3) is 44.3 Å². The number of carbonyl (C=O) groups excluding carboxylic acids is 5. The first kappa shape index (κ1) is 44.8. The van der Waals surface area contributed by atoms with Crippen molar-refractivity contribution in [3.63, 3.8) is 0 Å². The zero-order valence-corrected chi connectivity index (χ0v) is 34.7. The molecule has 0 radical (unpaired) electrons. The first-order chi connectivity index (χ1) is 28.5. The van der Waals surface area contributed by atoms with Gasteiger partial charge in [-0.25, -0.2) is 15.0 Å². The third kappa shape index (κ3) is 10.7. The van der Waals surface area contributed by atoms with Crippen LogP contribution in [0.5, 0.6) is 0 Å². The fourth-order valence-corrected chi connectivity index (χ4v) is 6.89. The summed E-state index contributed by atoms with van der Waals surface area (Å²) in [6.45, 7) is 9.46. The Morgan fingerprint density at radius 2 is 1.46 bits per heavy atom. The lowest BCUT2D eigenvalue weighted by Crippen LogP contribution is -2.33. The molecular formula is C46H52N8O7. The Morgan fingerprint density at radius 3 is 2.11 bits per heavy atom. The first-order valence-corrected chi connectivity index (χ1v) is 19.1. The molecule has 0 saturated carbocycles. The van der Waals surface area contributed by atoms with Gasteiger partial charge in [-0.2, -0.15) is 5.10 Å². The van der Waals surface area contributed by atoms with Gasteiger partial charge in [0.2, 0.25) is 11.8 Å². The molecule has 0 unspecified atom stereocenters. The molecule has 0 spiro atoms. The van der Waals surface area contributed by atoms with E-state index in [1.54, 1.807) is 31.5 Å². The maximum Gasteiger partial charge on any atom is 0.410 e. The number of nitrogens with one attached hydrogen (secondary N) is 6. The normalized spacial score (nSPS) is 11.7.